The van der Waals surface area contributed by atoms with Crippen molar-refractivity contribution in [3.63, 3.8) is 0 Å². The topological polar surface area (TPSA) is 103 Å². The van der Waals surface area contributed by atoms with Crippen molar-refractivity contribution in [2.75, 3.05) is 0 Å². The molecule has 0 radical (unpaired) electrons. The fourth-order valence-corrected chi connectivity index (χ4v) is 1.91. The van der Waals surface area contributed by atoms with Crippen LogP contribution in [0.5, 0.6) is 0 Å². The van der Waals surface area contributed by atoms with Crippen molar-refractivity contribution in [2.45, 2.75) is 6.54 Å². The number of nitrogens with zero attached hydrogens (tertiary/aromatic N) is 1. The van der Waals surface area contributed by atoms with Gasteiger partial charge >= 0.3 is 5.69 Å². The summed E-state index contributed by atoms with van der Waals surface area (Å²) in [6.07, 6.45) is 1.61. The van der Waals surface area contributed by atoms with Crippen LogP contribution in [0.3, 0.4) is 0 Å². The summed E-state index contributed by atoms with van der Waals surface area (Å²) in [6.45, 7) is 0.400. The van der Waals surface area contributed by atoms with E-state index in [9.17, 15) is 4.79 Å². The highest BCUT2D eigenvalue weighted by Gasteiger charge is 2.08. The lowest BCUT2D eigenvalue weighted by molar-refractivity contribution is 1.01. The SMILES string of the molecule is NCc1[nH]cnc1-c1ccc2[nH]c(=O)[nH]c2c1. The summed E-state index contributed by atoms with van der Waals surface area (Å²) in [5, 5.41) is 0. The van der Waals surface area contributed by atoms with Crippen molar-refractivity contribution in [3.8, 4) is 11.3 Å². The second-order valence-electron chi connectivity index (χ2n) is 3.77. The molecule has 0 aliphatic carbocycles. The minimum Gasteiger partial charge on any atom is -0.347 e. The quantitative estimate of drug-likeness (QED) is 0.520. The zero-order valence-electron chi connectivity index (χ0n) is 8.95. The van der Waals surface area contributed by atoms with E-state index < -0.39 is 0 Å². The third-order valence-electron chi connectivity index (χ3n) is 2.71. The van der Waals surface area contributed by atoms with Gasteiger partial charge in [-0.3, -0.25) is 0 Å². The van der Waals surface area contributed by atoms with Crippen LogP contribution in [-0.4, -0.2) is 19.9 Å². The first kappa shape index (κ1) is 9.86. The molecule has 3 aromatic rings. The van der Waals surface area contributed by atoms with Crippen LogP contribution >= 0.6 is 0 Å². The third kappa shape index (κ3) is 1.55. The van der Waals surface area contributed by atoms with E-state index in [0.29, 0.717) is 6.54 Å². The monoisotopic (exact) mass is 229 g/mol. The van der Waals surface area contributed by atoms with Crippen molar-refractivity contribution in [1.82, 2.24) is 19.9 Å². The van der Waals surface area contributed by atoms with Crippen molar-refractivity contribution in [2.24, 2.45) is 5.73 Å². The average Bonchev–Trinajstić information content (AvgIpc) is 2.91. The highest BCUT2D eigenvalue weighted by atomic mass is 16.1. The number of nitrogens with two attached hydrogens (primary N) is 1. The number of aromatic amines is 3. The Morgan fingerprint density at radius 2 is 2.06 bits per heavy atom. The Labute approximate surface area is 95.9 Å². The molecule has 2 aromatic heterocycles. The van der Waals surface area contributed by atoms with Gasteiger partial charge in [-0.05, 0) is 12.1 Å². The van der Waals surface area contributed by atoms with E-state index in [1.54, 1.807) is 6.33 Å². The molecule has 0 saturated carbocycles. The van der Waals surface area contributed by atoms with Crippen LogP contribution in [0.4, 0.5) is 0 Å². The van der Waals surface area contributed by atoms with Gasteiger partial charge in [-0.1, -0.05) is 6.07 Å². The number of hydrogen-bond donors (Lipinski definition) is 4. The molecule has 0 aliphatic heterocycles. The number of rotatable bonds is 2. The lowest BCUT2D eigenvalue weighted by atomic mass is 10.1. The van der Waals surface area contributed by atoms with Gasteiger partial charge in [0.15, 0.2) is 0 Å². The predicted octanol–water partition coefficient (Wildman–Crippen LogP) is 0.705. The number of fused-ring (bicyclic) bond motifs is 1. The molecule has 0 amide bonds. The molecule has 0 bridgehead atoms. The van der Waals surface area contributed by atoms with E-state index in [0.717, 1.165) is 28.0 Å². The third-order valence-corrected chi connectivity index (χ3v) is 2.71. The van der Waals surface area contributed by atoms with E-state index >= 15 is 0 Å². The maximum absolute atomic E-state index is 11.2. The van der Waals surface area contributed by atoms with Gasteiger partial charge in [0.1, 0.15) is 0 Å². The van der Waals surface area contributed by atoms with Crippen molar-refractivity contribution < 1.29 is 0 Å². The smallest absolute Gasteiger partial charge is 0.323 e. The number of hydrogen-bond acceptors (Lipinski definition) is 3. The van der Waals surface area contributed by atoms with E-state index in [2.05, 4.69) is 19.9 Å². The van der Waals surface area contributed by atoms with Gasteiger partial charge in [-0.15, -0.1) is 0 Å². The molecule has 6 heteroatoms. The van der Waals surface area contributed by atoms with E-state index in [1.807, 2.05) is 18.2 Å². The fourth-order valence-electron chi connectivity index (χ4n) is 1.91. The average molecular weight is 229 g/mol. The van der Waals surface area contributed by atoms with Crippen LogP contribution in [0.2, 0.25) is 0 Å². The van der Waals surface area contributed by atoms with E-state index in [4.69, 9.17) is 5.73 Å². The predicted molar refractivity (Wildman–Crippen MR) is 64.4 cm³/mol. The number of aromatic nitrogens is 4. The lowest BCUT2D eigenvalue weighted by Crippen LogP contribution is -1.99. The fraction of sp³-hybridized carbons (Fsp3) is 0.0909. The Bertz CT molecular complexity index is 721. The van der Waals surface area contributed by atoms with Crippen LogP contribution in [-0.2, 0) is 6.54 Å². The van der Waals surface area contributed by atoms with Gasteiger partial charge in [0.05, 0.1) is 28.7 Å². The van der Waals surface area contributed by atoms with Crippen molar-refractivity contribution in [3.05, 3.63) is 40.7 Å². The zero-order valence-corrected chi connectivity index (χ0v) is 8.95. The molecular formula is C11H11N5O. The standard InChI is InChI=1S/C11H11N5O/c12-4-9-10(14-5-13-9)6-1-2-7-8(3-6)16-11(17)15-7/h1-3,5H,4,12H2,(H,13,14)(H2,15,16,17). The number of H-pyrrole nitrogens is 3. The first-order chi connectivity index (χ1) is 8.28. The highest BCUT2D eigenvalue weighted by molar-refractivity contribution is 5.81. The molecule has 17 heavy (non-hydrogen) atoms. The summed E-state index contributed by atoms with van der Waals surface area (Å²) in [5.41, 5.74) is 9.57. The molecule has 86 valence electrons. The largest absolute Gasteiger partial charge is 0.347 e. The van der Waals surface area contributed by atoms with Gasteiger partial charge in [-0.25, -0.2) is 9.78 Å². The minimum atomic E-state index is -0.210. The Balaban J connectivity index is 2.20. The molecule has 3 rings (SSSR count). The molecule has 0 fully saturated rings. The molecule has 0 spiro atoms. The van der Waals surface area contributed by atoms with Gasteiger partial charge in [0, 0.05) is 12.1 Å². The van der Waals surface area contributed by atoms with E-state index in [-0.39, 0.29) is 5.69 Å². The minimum absolute atomic E-state index is 0.210. The number of nitrogens with one attached hydrogen (secondary N) is 3. The van der Waals surface area contributed by atoms with Crippen LogP contribution in [0, 0.1) is 0 Å². The lowest BCUT2D eigenvalue weighted by Gasteiger charge is -2.00. The maximum Gasteiger partial charge on any atom is 0.323 e. The maximum atomic E-state index is 11.2. The number of benzene rings is 1. The Morgan fingerprint density at radius 3 is 2.88 bits per heavy atom. The summed E-state index contributed by atoms with van der Waals surface area (Å²) >= 11 is 0. The summed E-state index contributed by atoms with van der Waals surface area (Å²) in [6, 6.07) is 5.63. The summed E-state index contributed by atoms with van der Waals surface area (Å²) in [4.78, 5) is 23.8. The van der Waals surface area contributed by atoms with Gasteiger partial charge in [-0.2, -0.15) is 0 Å². The summed E-state index contributed by atoms with van der Waals surface area (Å²) in [5.74, 6) is 0. The zero-order chi connectivity index (χ0) is 11.8. The van der Waals surface area contributed by atoms with E-state index in [1.165, 1.54) is 0 Å². The second-order valence-corrected chi connectivity index (χ2v) is 3.77. The van der Waals surface area contributed by atoms with Gasteiger partial charge in [0.2, 0.25) is 0 Å². The Kier molecular flexibility index (Phi) is 2.09. The van der Waals surface area contributed by atoms with Crippen LogP contribution < -0.4 is 11.4 Å². The molecule has 0 unspecified atom stereocenters. The molecule has 0 atom stereocenters. The molecule has 1 aromatic carbocycles. The summed E-state index contributed by atoms with van der Waals surface area (Å²) < 4.78 is 0. The molecule has 0 saturated heterocycles. The van der Waals surface area contributed by atoms with Gasteiger partial charge < -0.3 is 20.7 Å². The first-order valence-corrected chi connectivity index (χ1v) is 5.22. The molecule has 0 aliphatic rings. The second kappa shape index (κ2) is 3.60. The molecule has 2 heterocycles. The van der Waals surface area contributed by atoms with Crippen LogP contribution in [0.25, 0.3) is 22.3 Å². The summed E-state index contributed by atoms with van der Waals surface area (Å²) in [7, 11) is 0. The highest BCUT2D eigenvalue weighted by Crippen LogP contribution is 2.22. The molecule has 6 nitrogen and oxygen atoms in total. The van der Waals surface area contributed by atoms with Crippen LogP contribution in [0.1, 0.15) is 5.69 Å². The van der Waals surface area contributed by atoms with Crippen molar-refractivity contribution in [1.29, 1.82) is 0 Å². The van der Waals surface area contributed by atoms with Crippen LogP contribution in [0.15, 0.2) is 29.3 Å². The normalized spacial score (nSPS) is 11.1. The molecular weight excluding hydrogens is 218 g/mol. The van der Waals surface area contributed by atoms with Gasteiger partial charge in [0.25, 0.3) is 0 Å². The number of imidazole rings is 2. The molecule has 5 N–H and O–H groups in total. The van der Waals surface area contributed by atoms with Crippen molar-refractivity contribution >= 4 is 11.0 Å². The Hall–Kier alpha value is -2.34. The first-order valence-electron chi connectivity index (χ1n) is 5.22. The Morgan fingerprint density at radius 1 is 1.24 bits per heavy atom.